The number of hydrogen-bond donors (Lipinski definition) is 1. The Balaban J connectivity index is 1.27. The Morgan fingerprint density at radius 2 is 1.98 bits per heavy atom. The standard InChI is InChI=1S/C34H42F2N2O5S/c1-22(38-34(40)33-23(2)37-32(44-33)16-13-27(39)20-41-3)26-11-14-28(15-12-26)43-30-10-6-8-25(19-30)17-24-7-4-5-9-29(18-24)42-21-31(35)36/h4-5,7,11-12,14-15,18,22,25,30-31H,6,8-10,13,16-17,19-21H2,1-3H3,(H,38,40). The van der Waals surface area contributed by atoms with E-state index in [1.165, 1.54) is 18.4 Å². The van der Waals surface area contributed by atoms with Gasteiger partial charge in [-0.05, 0) is 81.2 Å². The van der Waals surface area contributed by atoms with Crippen molar-refractivity contribution in [1.29, 1.82) is 0 Å². The molecule has 238 valence electrons. The lowest BCUT2D eigenvalue weighted by Gasteiger charge is -2.30. The minimum atomic E-state index is -2.49. The number of rotatable bonds is 15. The number of hydrogen-bond acceptors (Lipinski definition) is 7. The van der Waals surface area contributed by atoms with Gasteiger partial charge in [0.1, 0.15) is 29.6 Å². The van der Waals surface area contributed by atoms with Gasteiger partial charge < -0.3 is 19.5 Å². The summed E-state index contributed by atoms with van der Waals surface area (Å²) in [5.74, 6) is 1.64. The van der Waals surface area contributed by atoms with Crippen LogP contribution in [0.5, 0.6) is 5.75 Å². The third-order valence-corrected chi connectivity index (χ3v) is 8.98. The molecule has 4 rings (SSSR count). The molecule has 0 saturated heterocycles. The monoisotopic (exact) mass is 628 g/mol. The highest BCUT2D eigenvalue weighted by atomic mass is 32.1. The molecule has 0 aliphatic heterocycles. The number of allylic oxidation sites excluding steroid dienone is 5. The number of benzene rings is 1. The van der Waals surface area contributed by atoms with Gasteiger partial charge in [0.25, 0.3) is 12.3 Å². The number of nitrogens with one attached hydrogen (secondary N) is 1. The number of aromatic nitrogens is 1. The Bertz CT molecular complexity index is 1350. The van der Waals surface area contributed by atoms with Crippen molar-refractivity contribution >= 4 is 23.0 Å². The first-order chi connectivity index (χ1) is 21.2. The van der Waals surface area contributed by atoms with E-state index in [1.807, 2.05) is 62.4 Å². The number of carbonyl (C=O) groups excluding carboxylic acids is 2. The molecule has 2 aliphatic carbocycles. The predicted octanol–water partition coefficient (Wildman–Crippen LogP) is 7.47. The molecule has 0 radical (unpaired) electrons. The summed E-state index contributed by atoms with van der Waals surface area (Å²) < 4.78 is 41.7. The highest BCUT2D eigenvalue weighted by molar-refractivity contribution is 7.13. The Kier molecular flexibility index (Phi) is 12.7. The van der Waals surface area contributed by atoms with E-state index >= 15 is 0 Å². The van der Waals surface area contributed by atoms with Gasteiger partial charge in [-0.3, -0.25) is 9.59 Å². The van der Waals surface area contributed by atoms with Crippen molar-refractivity contribution in [3.8, 4) is 5.75 Å². The van der Waals surface area contributed by atoms with E-state index in [2.05, 4.69) is 10.3 Å². The van der Waals surface area contributed by atoms with Crippen molar-refractivity contribution < 1.29 is 32.6 Å². The van der Waals surface area contributed by atoms with Crippen LogP contribution >= 0.6 is 11.3 Å². The topological polar surface area (TPSA) is 86.8 Å². The summed E-state index contributed by atoms with van der Waals surface area (Å²) in [5.41, 5.74) is 2.72. The van der Waals surface area contributed by atoms with Crippen LogP contribution in [0.4, 0.5) is 8.78 Å². The smallest absolute Gasteiger partial charge is 0.272 e. The van der Waals surface area contributed by atoms with E-state index in [9.17, 15) is 18.4 Å². The molecule has 0 spiro atoms. The van der Waals surface area contributed by atoms with E-state index < -0.39 is 13.0 Å². The number of amides is 1. The molecular weight excluding hydrogens is 586 g/mol. The van der Waals surface area contributed by atoms with Gasteiger partial charge in [0, 0.05) is 26.4 Å². The normalized spacial score (nSPS) is 19.1. The highest BCUT2D eigenvalue weighted by Crippen LogP contribution is 2.33. The number of nitrogens with zero attached hydrogens (tertiary/aromatic N) is 1. The first-order valence-electron chi connectivity index (χ1n) is 15.2. The molecule has 2 aliphatic rings. The zero-order chi connectivity index (χ0) is 31.5. The van der Waals surface area contributed by atoms with Gasteiger partial charge in [0.05, 0.1) is 22.8 Å². The maximum Gasteiger partial charge on any atom is 0.272 e. The molecule has 1 fully saturated rings. The molecule has 1 aromatic heterocycles. The molecule has 2 aromatic rings. The Morgan fingerprint density at radius 1 is 1.18 bits per heavy atom. The molecule has 7 nitrogen and oxygen atoms in total. The quantitative estimate of drug-likeness (QED) is 0.220. The zero-order valence-electron chi connectivity index (χ0n) is 25.7. The second-order valence-electron chi connectivity index (χ2n) is 11.4. The fourth-order valence-corrected chi connectivity index (χ4v) is 6.54. The molecule has 3 unspecified atom stereocenters. The lowest BCUT2D eigenvalue weighted by atomic mass is 9.83. The summed E-state index contributed by atoms with van der Waals surface area (Å²) >= 11 is 1.32. The van der Waals surface area contributed by atoms with Gasteiger partial charge in [0.2, 0.25) is 0 Å². The minimum Gasteiger partial charge on any atom is -0.492 e. The number of ether oxygens (including phenoxy) is 3. The molecular formula is C34H42F2N2O5S. The van der Waals surface area contributed by atoms with Gasteiger partial charge in [-0.15, -0.1) is 11.3 Å². The van der Waals surface area contributed by atoms with E-state index in [0.29, 0.717) is 41.5 Å². The van der Waals surface area contributed by atoms with Crippen molar-refractivity contribution in [3.05, 3.63) is 81.0 Å². The number of ketones is 1. The Labute approximate surface area is 262 Å². The molecule has 10 heteroatoms. The Morgan fingerprint density at radius 3 is 2.73 bits per heavy atom. The van der Waals surface area contributed by atoms with Crippen molar-refractivity contribution in [2.45, 2.75) is 83.8 Å². The van der Waals surface area contributed by atoms with E-state index in [4.69, 9.17) is 14.2 Å². The maximum atomic E-state index is 13.0. The van der Waals surface area contributed by atoms with Crippen LogP contribution < -0.4 is 10.1 Å². The van der Waals surface area contributed by atoms with Crippen LogP contribution in [0, 0.1) is 12.8 Å². The number of aryl methyl sites for hydroxylation is 2. The summed E-state index contributed by atoms with van der Waals surface area (Å²) in [7, 11) is 1.49. The lowest BCUT2D eigenvalue weighted by molar-refractivity contribution is -0.122. The van der Waals surface area contributed by atoms with Gasteiger partial charge in [-0.25, -0.2) is 13.8 Å². The van der Waals surface area contributed by atoms with E-state index in [1.54, 1.807) is 0 Å². The maximum absolute atomic E-state index is 13.0. The number of alkyl halides is 2. The van der Waals surface area contributed by atoms with E-state index in [-0.39, 0.29) is 30.4 Å². The zero-order valence-corrected chi connectivity index (χ0v) is 26.5. The predicted molar refractivity (Wildman–Crippen MR) is 167 cm³/mol. The van der Waals surface area contributed by atoms with Crippen LogP contribution in [0.2, 0.25) is 0 Å². The molecule has 1 N–H and O–H groups in total. The molecule has 1 heterocycles. The molecule has 3 atom stereocenters. The number of thiazole rings is 1. The number of carbonyl (C=O) groups is 2. The average Bonchev–Trinajstić information content (AvgIpc) is 3.22. The lowest BCUT2D eigenvalue weighted by Crippen LogP contribution is -2.27. The molecule has 44 heavy (non-hydrogen) atoms. The summed E-state index contributed by atoms with van der Waals surface area (Å²) in [4.78, 5) is 29.8. The van der Waals surface area contributed by atoms with Crippen LogP contribution in [0.1, 0.15) is 83.8 Å². The number of methoxy groups -OCH3 is 1. The van der Waals surface area contributed by atoms with Gasteiger partial charge >= 0.3 is 0 Å². The van der Waals surface area contributed by atoms with Crippen molar-refractivity contribution in [2.75, 3.05) is 20.3 Å². The third kappa shape index (κ3) is 10.4. The van der Waals surface area contributed by atoms with Crippen LogP contribution in [0.3, 0.4) is 0 Å². The fraction of sp³-hybridized carbons (Fsp3) is 0.500. The second-order valence-corrected chi connectivity index (χ2v) is 12.5. The van der Waals surface area contributed by atoms with Crippen molar-refractivity contribution in [2.24, 2.45) is 5.92 Å². The first-order valence-corrected chi connectivity index (χ1v) is 16.0. The molecule has 1 saturated carbocycles. The summed E-state index contributed by atoms with van der Waals surface area (Å²) in [6, 6.07) is 7.63. The summed E-state index contributed by atoms with van der Waals surface area (Å²) in [6.45, 7) is 3.25. The number of halogens is 2. The van der Waals surface area contributed by atoms with Crippen molar-refractivity contribution in [3.63, 3.8) is 0 Å². The van der Waals surface area contributed by atoms with E-state index in [0.717, 1.165) is 54.0 Å². The average molecular weight is 629 g/mol. The van der Waals surface area contributed by atoms with Gasteiger partial charge in [-0.2, -0.15) is 0 Å². The molecule has 1 amide bonds. The van der Waals surface area contributed by atoms with Crippen LogP contribution in [-0.2, 0) is 20.7 Å². The first kappa shape index (κ1) is 33.5. The Hall–Kier alpha value is -3.37. The molecule has 1 aromatic carbocycles. The SMILES string of the molecule is COCC(=O)CCc1nc(C)c(C(=O)NC(C)c2ccc(OC3CCCC(CC4=CC=CCC(OCC(F)F)=C4)C3)cc2)s1. The van der Waals surface area contributed by atoms with Gasteiger partial charge in [0.15, 0.2) is 5.78 Å². The highest BCUT2D eigenvalue weighted by Gasteiger charge is 2.25. The third-order valence-electron chi connectivity index (χ3n) is 7.77. The largest absolute Gasteiger partial charge is 0.492 e. The fourth-order valence-electron chi connectivity index (χ4n) is 5.58. The minimum absolute atomic E-state index is 0.00839. The van der Waals surface area contributed by atoms with Crippen LogP contribution in [-0.4, -0.2) is 49.5 Å². The van der Waals surface area contributed by atoms with Gasteiger partial charge in [-0.1, -0.05) is 30.4 Å². The summed E-state index contributed by atoms with van der Waals surface area (Å²) in [6.07, 6.45) is 11.8. The van der Waals surface area contributed by atoms with Crippen LogP contribution in [0.15, 0.2) is 59.9 Å². The second kappa shape index (κ2) is 16.6. The molecule has 0 bridgehead atoms. The number of Topliss-reactive ketones (excluding diaryl/α,β-unsaturated/α-hetero) is 1. The van der Waals surface area contributed by atoms with Crippen molar-refractivity contribution in [1.82, 2.24) is 10.3 Å². The summed E-state index contributed by atoms with van der Waals surface area (Å²) in [5, 5.41) is 3.82. The van der Waals surface area contributed by atoms with Crippen LogP contribution in [0.25, 0.3) is 0 Å².